The van der Waals surface area contributed by atoms with E-state index in [1.54, 1.807) is 14.2 Å². The van der Waals surface area contributed by atoms with Crippen molar-refractivity contribution >= 4 is 0 Å². The van der Waals surface area contributed by atoms with Gasteiger partial charge in [0.2, 0.25) is 0 Å². The van der Waals surface area contributed by atoms with Crippen molar-refractivity contribution in [3.8, 4) is 11.5 Å². The van der Waals surface area contributed by atoms with Crippen molar-refractivity contribution in [1.29, 1.82) is 0 Å². The van der Waals surface area contributed by atoms with Crippen LogP contribution in [0.4, 0.5) is 0 Å². The van der Waals surface area contributed by atoms with Crippen LogP contribution in [0.3, 0.4) is 0 Å². The highest BCUT2D eigenvalue weighted by atomic mass is 16.5. The van der Waals surface area contributed by atoms with Crippen molar-refractivity contribution in [2.45, 2.75) is 13.0 Å². The molecule has 0 saturated heterocycles. The summed E-state index contributed by atoms with van der Waals surface area (Å²) in [6.07, 6.45) is 0. The SMILES string of the molecule is COc1ccc([C@H](C)[NH3+])cc1OC. The van der Waals surface area contributed by atoms with E-state index in [-0.39, 0.29) is 6.04 Å². The zero-order valence-corrected chi connectivity index (χ0v) is 8.33. The summed E-state index contributed by atoms with van der Waals surface area (Å²) in [4.78, 5) is 0. The smallest absolute Gasteiger partial charge is 0.161 e. The molecule has 0 aromatic heterocycles. The Bertz CT molecular complexity index is 284. The lowest BCUT2D eigenvalue weighted by molar-refractivity contribution is -0.420. The monoisotopic (exact) mass is 182 g/mol. The molecule has 3 heteroatoms. The highest BCUT2D eigenvalue weighted by Crippen LogP contribution is 2.28. The fourth-order valence-corrected chi connectivity index (χ4v) is 1.16. The first kappa shape index (κ1) is 9.86. The van der Waals surface area contributed by atoms with Crippen molar-refractivity contribution in [2.24, 2.45) is 0 Å². The second kappa shape index (κ2) is 4.14. The predicted molar refractivity (Wildman–Crippen MR) is 50.8 cm³/mol. The maximum absolute atomic E-state index is 5.17. The minimum atomic E-state index is 0.264. The third-order valence-electron chi connectivity index (χ3n) is 1.98. The Morgan fingerprint density at radius 3 is 2.23 bits per heavy atom. The van der Waals surface area contributed by atoms with Crippen LogP contribution in [0.1, 0.15) is 18.5 Å². The molecule has 0 radical (unpaired) electrons. The molecule has 0 heterocycles. The van der Waals surface area contributed by atoms with E-state index >= 15 is 0 Å². The van der Waals surface area contributed by atoms with Gasteiger partial charge in [-0.3, -0.25) is 0 Å². The molecule has 3 nitrogen and oxygen atoms in total. The van der Waals surface area contributed by atoms with Crippen LogP contribution in [0.15, 0.2) is 18.2 Å². The van der Waals surface area contributed by atoms with Gasteiger partial charge >= 0.3 is 0 Å². The number of hydrogen-bond donors (Lipinski definition) is 1. The van der Waals surface area contributed by atoms with Crippen LogP contribution >= 0.6 is 0 Å². The maximum Gasteiger partial charge on any atom is 0.161 e. The molecular weight excluding hydrogens is 166 g/mol. The molecule has 0 aliphatic heterocycles. The lowest BCUT2D eigenvalue weighted by Gasteiger charge is -2.09. The number of methoxy groups -OCH3 is 2. The summed E-state index contributed by atoms with van der Waals surface area (Å²) < 4.78 is 10.3. The summed E-state index contributed by atoms with van der Waals surface area (Å²) in [5.74, 6) is 1.52. The van der Waals surface area contributed by atoms with Crippen LogP contribution in [0.25, 0.3) is 0 Å². The average molecular weight is 182 g/mol. The molecule has 0 aliphatic rings. The quantitative estimate of drug-likeness (QED) is 0.758. The summed E-state index contributed by atoms with van der Waals surface area (Å²) in [6, 6.07) is 6.12. The van der Waals surface area contributed by atoms with E-state index < -0.39 is 0 Å². The summed E-state index contributed by atoms with van der Waals surface area (Å²) in [6.45, 7) is 2.04. The van der Waals surface area contributed by atoms with Crippen molar-refractivity contribution in [2.75, 3.05) is 14.2 Å². The second-order valence-corrected chi connectivity index (χ2v) is 3.02. The topological polar surface area (TPSA) is 46.1 Å². The zero-order valence-electron chi connectivity index (χ0n) is 8.33. The van der Waals surface area contributed by atoms with Gasteiger partial charge in [0.05, 0.1) is 14.2 Å². The van der Waals surface area contributed by atoms with Crippen molar-refractivity contribution in [3.63, 3.8) is 0 Å². The van der Waals surface area contributed by atoms with Crippen LogP contribution in [0.5, 0.6) is 11.5 Å². The van der Waals surface area contributed by atoms with Gasteiger partial charge in [-0.05, 0) is 25.1 Å². The van der Waals surface area contributed by atoms with Gasteiger partial charge < -0.3 is 15.2 Å². The van der Waals surface area contributed by atoms with E-state index in [1.165, 1.54) is 0 Å². The molecule has 1 rings (SSSR count). The van der Waals surface area contributed by atoms with Gasteiger partial charge in [-0.25, -0.2) is 0 Å². The van der Waals surface area contributed by atoms with E-state index in [1.807, 2.05) is 25.1 Å². The summed E-state index contributed by atoms with van der Waals surface area (Å²) in [7, 11) is 3.26. The molecule has 3 N–H and O–H groups in total. The van der Waals surface area contributed by atoms with Crippen molar-refractivity contribution < 1.29 is 15.2 Å². The third kappa shape index (κ3) is 2.12. The molecule has 0 spiro atoms. The van der Waals surface area contributed by atoms with Crippen LogP contribution < -0.4 is 15.2 Å². The molecule has 0 unspecified atom stereocenters. The minimum Gasteiger partial charge on any atom is -0.493 e. The van der Waals surface area contributed by atoms with Gasteiger partial charge in [0.15, 0.2) is 11.5 Å². The number of ether oxygens (including phenoxy) is 2. The fourth-order valence-electron chi connectivity index (χ4n) is 1.16. The van der Waals surface area contributed by atoms with E-state index in [9.17, 15) is 0 Å². The fraction of sp³-hybridized carbons (Fsp3) is 0.400. The van der Waals surface area contributed by atoms with Gasteiger partial charge in [-0.1, -0.05) is 0 Å². The van der Waals surface area contributed by atoms with Gasteiger partial charge in [0.25, 0.3) is 0 Å². The van der Waals surface area contributed by atoms with Crippen LogP contribution in [0.2, 0.25) is 0 Å². The Balaban J connectivity index is 3.05. The van der Waals surface area contributed by atoms with Gasteiger partial charge in [-0.15, -0.1) is 0 Å². The Hall–Kier alpha value is -1.22. The molecule has 0 fully saturated rings. The minimum absolute atomic E-state index is 0.264. The molecule has 1 aromatic carbocycles. The van der Waals surface area contributed by atoms with Gasteiger partial charge in [-0.2, -0.15) is 0 Å². The normalized spacial score (nSPS) is 12.3. The largest absolute Gasteiger partial charge is 0.493 e. The molecule has 0 amide bonds. The zero-order chi connectivity index (χ0) is 9.84. The molecular formula is C10H16NO2+. The Morgan fingerprint density at radius 1 is 1.15 bits per heavy atom. The molecule has 1 aromatic rings. The molecule has 0 aliphatic carbocycles. The standard InChI is InChI=1S/C10H15NO2/c1-7(11)8-4-5-9(12-2)10(6-8)13-3/h4-7H,11H2,1-3H3/p+1/t7-/m0/s1. The molecule has 13 heavy (non-hydrogen) atoms. The highest BCUT2D eigenvalue weighted by Gasteiger charge is 2.08. The maximum atomic E-state index is 5.17. The predicted octanol–water partition coefficient (Wildman–Crippen LogP) is 1.01. The Labute approximate surface area is 78.5 Å². The molecule has 0 bridgehead atoms. The molecule has 0 saturated carbocycles. The second-order valence-electron chi connectivity index (χ2n) is 3.02. The van der Waals surface area contributed by atoms with Crippen molar-refractivity contribution in [3.05, 3.63) is 23.8 Å². The highest BCUT2D eigenvalue weighted by molar-refractivity contribution is 5.43. The van der Waals surface area contributed by atoms with Crippen molar-refractivity contribution in [1.82, 2.24) is 0 Å². The van der Waals surface area contributed by atoms with E-state index in [4.69, 9.17) is 9.47 Å². The van der Waals surface area contributed by atoms with Crippen LogP contribution in [-0.4, -0.2) is 14.2 Å². The number of hydrogen-bond acceptors (Lipinski definition) is 2. The summed E-state index contributed by atoms with van der Waals surface area (Å²) in [5.41, 5.74) is 5.09. The first-order chi connectivity index (χ1) is 6.19. The Morgan fingerprint density at radius 2 is 1.77 bits per heavy atom. The van der Waals surface area contributed by atoms with Gasteiger partial charge in [0.1, 0.15) is 6.04 Å². The van der Waals surface area contributed by atoms with E-state index in [2.05, 4.69) is 5.73 Å². The average Bonchev–Trinajstić information content (AvgIpc) is 2.16. The number of rotatable bonds is 3. The first-order valence-electron chi connectivity index (χ1n) is 4.24. The third-order valence-corrected chi connectivity index (χ3v) is 1.98. The summed E-state index contributed by atoms with van der Waals surface area (Å²) in [5, 5.41) is 0. The first-order valence-corrected chi connectivity index (χ1v) is 4.24. The number of benzene rings is 1. The Kier molecular flexibility index (Phi) is 3.14. The lowest BCUT2D eigenvalue weighted by atomic mass is 10.1. The lowest BCUT2D eigenvalue weighted by Crippen LogP contribution is -2.51. The number of quaternary nitrogens is 1. The van der Waals surface area contributed by atoms with E-state index in [0.717, 1.165) is 17.1 Å². The summed E-state index contributed by atoms with van der Waals surface area (Å²) >= 11 is 0. The van der Waals surface area contributed by atoms with Crippen LogP contribution in [-0.2, 0) is 0 Å². The van der Waals surface area contributed by atoms with Crippen LogP contribution in [0, 0.1) is 0 Å². The van der Waals surface area contributed by atoms with Gasteiger partial charge in [0, 0.05) is 5.56 Å². The molecule has 1 atom stereocenters. The molecule has 72 valence electrons. The van der Waals surface area contributed by atoms with E-state index in [0.29, 0.717) is 0 Å².